The second-order valence-electron chi connectivity index (χ2n) is 5.50. The molecular weight excluding hydrogens is 252 g/mol. The maximum absolute atomic E-state index is 5.68. The molecule has 1 aliphatic heterocycles. The molecule has 1 atom stereocenters. The van der Waals surface area contributed by atoms with Crippen LogP contribution in [0.15, 0.2) is 24.7 Å². The van der Waals surface area contributed by atoms with Gasteiger partial charge in [0, 0.05) is 38.1 Å². The van der Waals surface area contributed by atoms with Crippen LogP contribution in [-0.4, -0.2) is 38.0 Å². The largest absolute Gasteiger partial charge is 0.384 e. The summed E-state index contributed by atoms with van der Waals surface area (Å²) < 4.78 is 2.26. The van der Waals surface area contributed by atoms with E-state index in [4.69, 9.17) is 5.73 Å². The second-order valence-corrected chi connectivity index (χ2v) is 5.50. The first-order chi connectivity index (χ1) is 9.70. The summed E-state index contributed by atoms with van der Waals surface area (Å²) in [4.78, 5) is 15.1. The molecule has 0 radical (unpaired) electrons. The van der Waals surface area contributed by atoms with Gasteiger partial charge < -0.3 is 10.3 Å². The highest BCUT2D eigenvalue weighted by molar-refractivity contribution is 5.24. The first-order valence-electron chi connectivity index (χ1n) is 6.96. The van der Waals surface area contributed by atoms with E-state index in [1.807, 2.05) is 6.20 Å². The zero-order chi connectivity index (χ0) is 13.9. The van der Waals surface area contributed by atoms with E-state index in [-0.39, 0.29) is 0 Å². The highest BCUT2D eigenvalue weighted by Gasteiger charge is 2.20. The van der Waals surface area contributed by atoms with Crippen molar-refractivity contribution >= 4 is 5.82 Å². The number of imidazole rings is 1. The first kappa shape index (κ1) is 13.1. The van der Waals surface area contributed by atoms with Crippen LogP contribution < -0.4 is 5.73 Å². The van der Waals surface area contributed by atoms with Crippen molar-refractivity contribution in [2.45, 2.75) is 25.9 Å². The number of hydrogen-bond acceptors (Lipinski definition) is 5. The highest BCUT2D eigenvalue weighted by atomic mass is 15.1. The molecule has 0 saturated heterocycles. The highest BCUT2D eigenvalue weighted by Crippen LogP contribution is 2.19. The lowest BCUT2D eigenvalue weighted by molar-refractivity contribution is 0.225. The molecule has 0 bridgehead atoms. The Morgan fingerprint density at radius 2 is 2.30 bits per heavy atom. The third kappa shape index (κ3) is 2.96. The van der Waals surface area contributed by atoms with Crippen molar-refractivity contribution in [2.24, 2.45) is 5.92 Å². The molecule has 0 saturated carbocycles. The summed E-state index contributed by atoms with van der Waals surface area (Å²) in [6.07, 6.45) is 7.94. The molecule has 0 amide bonds. The van der Waals surface area contributed by atoms with Gasteiger partial charge in [-0.25, -0.2) is 15.0 Å². The molecule has 0 spiro atoms. The quantitative estimate of drug-likeness (QED) is 0.897. The van der Waals surface area contributed by atoms with Crippen molar-refractivity contribution < 1.29 is 0 Å². The molecule has 0 aromatic carbocycles. The van der Waals surface area contributed by atoms with E-state index in [0.29, 0.717) is 11.7 Å². The van der Waals surface area contributed by atoms with Crippen LogP contribution in [0.3, 0.4) is 0 Å². The van der Waals surface area contributed by atoms with Gasteiger partial charge >= 0.3 is 0 Å². The minimum Gasteiger partial charge on any atom is -0.384 e. The first-order valence-corrected chi connectivity index (χ1v) is 6.96. The molecule has 6 nitrogen and oxygen atoms in total. The maximum Gasteiger partial charge on any atom is 0.144 e. The molecule has 20 heavy (non-hydrogen) atoms. The molecule has 1 aliphatic rings. The number of nitrogens with zero attached hydrogens (tertiary/aromatic N) is 5. The van der Waals surface area contributed by atoms with Crippen LogP contribution in [0, 0.1) is 5.92 Å². The Bertz CT molecular complexity index is 579. The van der Waals surface area contributed by atoms with Crippen LogP contribution in [0.25, 0.3) is 0 Å². The van der Waals surface area contributed by atoms with Gasteiger partial charge in [0.1, 0.15) is 17.5 Å². The van der Waals surface area contributed by atoms with Crippen molar-refractivity contribution in [3.8, 4) is 0 Å². The van der Waals surface area contributed by atoms with E-state index in [1.54, 1.807) is 12.3 Å². The van der Waals surface area contributed by atoms with Gasteiger partial charge in [0.2, 0.25) is 0 Å². The summed E-state index contributed by atoms with van der Waals surface area (Å²) in [5.74, 6) is 3.18. The predicted octanol–water partition coefficient (Wildman–Crippen LogP) is 0.950. The normalized spacial score (nSPS) is 18.2. The van der Waals surface area contributed by atoms with E-state index in [0.717, 1.165) is 31.9 Å². The van der Waals surface area contributed by atoms with Crippen molar-refractivity contribution in [1.29, 1.82) is 0 Å². The lowest BCUT2D eigenvalue weighted by Crippen LogP contribution is -2.31. The lowest BCUT2D eigenvalue weighted by atomic mass is 9.99. The van der Waals surface area contributed by atoms with Crippen LogP contribution in [-0.2, 0) is 19.5 Å². The van der Waals surface area contributed by atoms with Gasteiger partial charge in [-0.2, -0.15) is 0 Å². The van der Waals surface area contributed by atoms with Crippen molar-refractivity contribution in [3.05, 3.63) is 36.3 Å². The molecule has 3 rings (SSSR count). The Hall–Kier alpha value is -1.95. The van der Waals surface area contributed by atoms with Crippen LogP contribution in [0.2, 0.25) is 0 Å². The van der Waals surface area contributed by atoms with Crippen LogP contribution in [0.4, 0.5) is 5.82 Å². The average molecular weight is 272 g/mol. The minimum atomic E-state index is 0.532. The number of rotatable bonds is 4. The second kappa shape index (κ2) is 5.58. The van der Waals surface area contributed by atoms with Gasteiger partial charge in [0.25, 0.3) is 0 Å². The minimum absolute atomic E-state index is 0.532. The van der Waals surface area contributed by atoms with Gasteiger partial charge in [-0.3, -0.25) is 4.90 Å². The molecule has 3 heterocycles. The number of hydrogen-bond donors (Lipinski definition) is 1. The molecule has 106 valence electrons. The fraction of sp³-hybridized carbons (Fsp3) is 0.500. The van der Waals surface area contributed by atoms with Crippen LogP contribution >= 0.6 is 0 Å². The Morgan fingerprint density at radius 1 is 1.40 bits per heavy atom. The van der Waals surface area contributed by atoms with E-state index < -0.39 is 0 Å². The summed E-state index contributed by atoms with van der Waals surface area (Å²) in [5.41, 5.74) is 5.68. The topological polar surface area (TPSA) is 72.9 Å². The third-order valence-corrected chi connectivity index (χ3v) is 3.74. The summed E-state index contributed by atoms with van der Waals surface area (Å²) in [6.45, 7) is 2.82. The lowest BCUT2D eigenvalue weighted by Gasteiger charge is -2.27. The monoisotopic (exact) mass is 272 g/mol. The Labute approximate surface area is 118 Å². The number of anilines is 1. The number of nitrogen functional groups attached to an aromatic ring is 1. The maximum atomic E-state index is 5.68. The van der Waals surface area contributed by atoms with Gasteiger partial charge in [0.15, 0.2) is 0 Å². The molecule has 0 unspecified atom stereocenters. The van der Waals surface area contributed by atoms with E-state index >= 15 is 0 Å². The predicted molar refractivity (Wildman–Crippen MR) is 76.8 cm³/mol. The van der Waals surface area contributed by atoms with Crippen molar-refractivity contribution in [3.63, 3.8) is 0 Å². The van der Waals surface area contributed by atoms with E-state index in [2.05, 4.69) is 37.7 Å². The van der Waals surface area contributed by atoms with Gasteiger partial charge in [-0.1, -0.05) is 0 Å². The van der Waals surface area contributed by atoms with Crippen molar-refractivity contribution in [1.82, 2.24) is 24.4 Å². The summed E-state index contributed by atoms with van der Waals surface area (Å²) in [5, 5.41) is 0. The smallest absolute Gasteiger partial charge is 0.144 e. The summed E-state index contributed by atoms with van der Waals surface area (Å²) in [7, 11) is 2.11. The standard InChI is InChI=1S/C14H20N6/c1-19(10-13-16-5-4-12(15)18-13)8-11-2-3-14-17-6-7-20(14)9-11/h4-7,11H,2-3,8-10H2,1H3,(H2,15,16,18)/t11-/m0/s1. The third-order valence-electron chi connectivity index (χ3n) is 3.74. The Kier molecular flexibility index (Phi) is 3.64. The number of aryl methyl sites for hydroxylation is 1. The zero-order valence-corrected chi connectivity index (χ0v) is 11.7. The van der Waals surface area contributed by atoms with E-state index in [1.165, 1.54) is 12.2 Å². The van der Waals surface area contributed by atoms with Crippen LogP contribution in [0.1, 0.15) is 18.1 Å². The average Bonchev–Trinajstić information content (AvgIpc) is 2.86. The zero-order valence-electron chi connectivity index (χ0n) is 11.7. The fourth-order valence-corrected chi connectivity index (χ4v) is 2.82. The van der Waals surface area contributed by atoms with E-state index in [9.17, 15) is 0 Å². The summed E-state index contributed by atoms with van der Waals surface area (Å²) in [6, 6.07) is 1.71. The number of nitrogens with two attached hydrogens (primary N) is 1. The van der Waals surface area contributed by atoms with Gasteiger partial charge in [-0.15, -0.1) is 0 Å². The van der Waals surface area contributed by atoms with Crippen LogP contribution in [0.5, 0.6) is 0 Å². The van der Waals surface area contributed by atoms with Crippen molar-refractivity contribution in [2.75, 3.05) is 19.3 Å². The molecule has 2 aromatic heterocycles. The Morgan fingerprint density at radius 3 is 3.15 bits per heavy atom. The number of aromatic nitrogens is 4. The molecular formula is C14H20N6. The number of fused-ring (bicyclic) bond motifs is 1. The van der Waals surface area contributed by atoms with Gasteiger partial charge in [-0.05, 0) is 25.5 Å². The summed E-state index contributed by atoms with van der Waals surface area (Å²) >= 11 is 0. The Balaban J connectivity index is 1.56. The molecule has 6 heteroatoms. The molecule has 2 N–H and O–H groups in total. The van der Waals surface area contributed by atoms with Gasteiger partial charge in [0.05, 0.1) is 6.54 Å². The SMILES string of the molecule is CN(Cc1nccc(N)n1)C[C@@H]1CCc2nccn2C1. The molecule has 0 fully saturated rings. The molecule has 2 aromatic rings. The molecule has 0 aliphatic carbocycles. The fourth-order valence-electron chi connectivity index (χ4n) is 2.82.